The van der Waals surface area contributed by atoms with E-state index in [1.807, 2.05) is 49.6 Å². The van der Waals surface area contributed by atoms with Crippen molar-refractivity contribution in [1.29, 1.82) is 0 Å². The monoisotopic (exact) mass is 524 g/mol. The van der Waals surface area contributed by atoms with Crippen molar-refractivity contribution < 1.29 is 14.6 Å². The molecule has 2 aliphatic rings. The molecule has 2 unspecified atom stereocenters. The van der Waals surface area contributed by atoms with E-state index in [0.717, 1.165) is 59.5 Å². The number of carboxylic acid groups (broad SMARTS) is 1. The number of hydrogen-bond acceptors (Lipinski definition) is 5. The average molecular weight is 525 g/mol. The van der Waals surface area contributed by atoms with Crippen LogP contribution in [-0.2, 0) is 9.53 Å². The second kappa shape index (κ2) is 10.5. The SMILES string of the molecule is Cc1nc2cc(-c3cccc(-c4ccccc4)c3)nn2c(N2C3CCCC2CC3)c1[C@H](OCC(C)C)C(=O)O. The zero-order valence-electron chi connectivity index (χ0n) is 22.9. The van der Waals surface area contributed by atoms with Crippen LogP contribution < -0.4 is 4.90 Å². The van der Waals surface area contributed by atoms with Crippen LogP contribution >= 0.6 is 0 Å². The van der Waals surface area contributed by atoms with Crippen molar-refractivity contribution in [2.45, 2.75) is 71.1 Å². The Hall–Kier alpha value is -3.71. The van der Waals surface area contributed by atoms with E-state index >= 15 is 0 Å². The van der Waals surface area contributed by atoms with Gasteiger partial charge in [0, 0.05) is 29.4 Å². The van der Waals surface area contributed by atoms with Gasteiger partial charge in [-0.2, -0.15) is 9.61 Å². The van der Waals surface area contributed by atoms with Gasteiger partial charge in [0.15, 0.2) is 11.8 Å². The lowest BCUT2D eigenvalue weighted by Gasteiger charge is -2.38. The van der Waals surface area contributed by atoms with Gasteiger partial charge in [0.05, 0.1) is 17.9 Å². The molecule has 39 heavy (non-hydrogen) atoms. The number of rotatable bonds is 8. The smallest absolute Gasteiger partial charge is 0.337 e. The number of aromatic nitrogens is 3. The van der Waals surface area contributed by atoms with Crippen LogP contribution in [0, 0.1) is 12.8 Å². The molecule has 0 amide bonds. The van der Waals surface area contributed by atoms with E-state index in [1.54, 1.807) is 0 Å². The molecular weight excluding hydrogens is 488 g/mol. The summed E-state index contributed by atoms with van der Waals surface area (Å²) in [6.45, 7) is 6.32. The van der Waals surface area contributed by atoms with Crippen LogP contribution in [0.1, 0.15) is 63.3 Å². The van der Waals surface area contributed by atoms with Crippen molar-refractivity contribution in [2.24, 2.45) is 5.92 Å². The number of fused-ring (bicyclic) bond motifs is 3. The zero-order chi connectivity index (χ0) is 27.1. The van der Waals surface area contributed by atoms with Crippen LogP contribution in [0.3, 0.4) is 0 Å². The van der Waals surface area contributed by atoms with Gasteiger partial charge in [0.1, 0.15) is 5.82 Å². The quantitative estimate of drug-likeness (QED) is 0.277. The second-order valence-electron chi connectivity index (χ2n) is 11.3. The first-order chi connectivity index (χ1) is 18.9. The summed E-state index contributed by atoms with van der Waals surface area (Å²) in [5, 5.41) is 15.4. The van der Waals surface area contributed by atoms with Crippen LogP contribution in [-0.4, -0.2) is 44.4 Å². The van der Waals surface area contributed by atoms with Crippen molar-refractivity contribution in [3.05, 3.63) is 71.9 Å². The highest BCUT2D eigenvalue weighted by Crippen LogP contribution is 2.43. The molecule has 2 aliphatic heterocycles. The van der Waals surface area contributed by atoms with Crippen LogP contribution in [0.5, 0.6) is 0 Å². The summed E-state index contributed by atoms with van der Waals surface area (Å²) >= 11 is 0. The van der Waals surface area contributed by atoms with E-state index in [2.05, 4.69) is 41.3 Å². The summed E-state index contributed by atoms with van der Waals surface area (Å²) in [5.74, 6) is 0.0615. The maximum atomic E-state index is 12.6. The number of hydrogen-bond donors (Lipinski definition) is 1. The maximum absolute atomic E-state index is 12.6. The number of piperidine rings is 1. The van der Waals surface area contributed by atoms with E-state index in [1.165, 1.54) is 6.42 Å². The molecule has 0 saturated carbocycles. The molecule has 2 saturated heterocycles. The first-order valence-electron chi connectivity index (χ1n) is 14.1. The first-order valence-corrected chi connectivity index (χ1v) is 14.1. The summed E-state index contributed by atoms with van der Waals surface area (Å²) < 4.78 is 7.94. The van der Waals surface area contributed by atoms with Gasteiger partial charge in [0.25, 0.3) is 0 Å². The molecule has 0 radical (unpaired) electrons. The van der Waals surface area contributed by atoms with E-state index < -0.39 is 12.1 Å². The fraction of sp³-hybridized carbons (Fsp3) is 0.406. The Morgan fingerprint density at radius 1 is 0.974 bits per heavy atom. The molecule has 7 heteroatoms. The van der Waals surface area contributed by atoms with Gasteiger partial charge in [-0.25, -0.2) is 9.78 Å². The van der Waals surface area contributed by atoms with Crippen molar-refractivity contribution in [1.82, 2.24) is 14.6 Å². The van der Waals surface area contributed by atoms with Gasteiger partial charge >= 0.3 is 5.97 Å². The van der Waals surface area contributed by atoms with Crippen LogP contribution in [0.15, 0.2) is 60.7 Å². The van der Waals surface area contributed by atoms with Gasteiger partial charge in [-0.15, -0.1) is 0 Å². The molecule has 2 fully saturated rings. The molecule has 3 atom stereocenters. The summed E-state index contributed by atoms with van der Waals surface area (Å²) in [7, 11) is 0. The Morgan fingerprint density at radius 3 is 2.36 bits per heavy atom. The third-order valence-corrected chi connectivity index (χ3v) is 8.09. The molecular formula is C32H36N4O3. The Kier molecular flexibility index (Phi) is 6.85. The molecule has 2 aromatic heterocycles. The minimum absolute atomic E-state index is 0.215. The number of aryl methyl sites for hydroxylation is 1. The summed E-state index contributed by atoms with van der Waals surface area (Å²) in [5.41, 5.74) is 6.13. The van der Waals surface area contributed by atoms with E-state index in [9.17, 15) is 9.90 Å². The van der Waals surface area contributed by atoms with Crippen LogP contribution in [0.4, 0.5) is 5.82 Å². The topological polar surface area (TPSA) is 80.0 Å². The summed E-state index contributed by atoms with van der Waals surface area (Å²) in [6.07, 6.45) is 4.55. The van der Waals surface area contributed by atoms with Gasteiger partial charge < -0.3 is 14.7 Å². The highest BCUT2D eigenvalue weighted by Gasteiger charge is 2.41. The van der Waals surface area contributed by atoms with E-state index in [-0.39, 0.29) is 5.92 Å². The molecule has 4 aromatic rings. The average Bonchev–Trinajstić information content (AvgIpc) is 3.45. The molecule has 4 heterocycles. The summed E-state index contributed by atoms with van der Waals surface area (Å²) in [4.78, 5) is 20.0. The standard InChI is InChI=1S/C32H36N4O3/c1-20(2)19-39-30(32(37)38)29-21(3)33-28-18-27(24-12-7-11-23(17-24)22-9-5-4-6-10-22)34-36(28)31(29)35-25-13-8-14-26(35)16-15-25/h4-7,9-12,17-18,20,25-26,30H,8,13-16,19H2,1-3H3,(H,37,38)/t25?,26?,30-/m0/s1. The Morgan fingerprint density at radius 2 is 1.67 bits per heavy atom. The number of aliphatic carboxylic acids is 1. The third kappa shape index (κ3) is 4.80. The van der Waals surface area contributed by atoms with Crippen molar-refractivity contribution in [3.8, 4) is 22.4 Å². The van der Waals surface area contributed by atoms with Gasteiger partial charge in [-0.05, 0) is 62.1 Å². The van der Waals surface area contributed by atoms with Gasteiger partial charge in [-0.1, -0.05) is 62.4 Å². The largest absolute Gasteiger partial charge is 0.479 e. The highest BCUT2D eigenvalue weighted by atomic mass is 16.5. The first kappa shape index (κ1) is 25.6. The molecule has 1 N–H and O–H groups in total. The fourth-order valence-electron chi connectivity index (χ4n) is 6.33. The Balaban J connectivity index is 1.53. The Labute approximate surface area is 229 Å². The molecule has 7 nitrogen and oxygen atoms in total. The van der Waals surface area contributed by atoms with Gasteiger partial charge in [0.2, 0.25) is 0 Å². The normalized spacial score (nSPS) is 19.6. The van der Waals surface area contributed by atoms with Crippen molar-refractivity contribution in [2.75, 3.05) is 11.5 Å². The number of benzene rings is 2. The number of nitrogens with zero attached hydrogens (tertiary/aromatic N) is 4. The van der Waals surface area contributed by atoms with Crippen molar-refractivity contribution in [3.63, 3.8) is 0 Å². The number of carbonyl (C=O) groups is 1. The molecule has 0 spiro atoms. The molecule has 2 aromatic carbocycles. The molecule has 0 aliphatic carbocycles. The number of ether oxygens (including phenoxy) is 1. The van der Waals surface area contributed by atoms with Crippen LogP contribution in [0.2, 0.25) is 0 Å². The summed E-state index contributed by atoms with van der Waals surface area (Å²) in [6, 6.07) is 21.5. The number of carboxylic acids is 1. The third-order valence-electron chi connectivity index (χ3n) is 8.09. The Bertz CT molecular complexity index is 1480. The number of anilines is 1. The minimum atomic E-state index is -1.10. The lowest BCUT2D eigenvalue weighted by Crippen LogP contribution is -2.42. The lowest BCUT2D eigenvalue weighted by atomic mass is 10.00. The van der Waals surface area contributed by atoms with Gasteiger partial charge in [-0.3, -0.25) is 0 Å². The highest BCUT2D eigenvalue weighted by molar-refractivity contribution is 5.79. The molecule has 2 bridgehead atoms. The lowest BCUT2D eigenvalue weighted by molar-refractivity contribution is -0.151. The predicted octanol–water partition coefficient (Wildman–Crippen LogP) is 6.69. The minimum Gasteiger partial charge on any atom is -0.479 e. The van der Waals surface area contributed by atoms with E-state index in [0.29, 0.717) is 29.9 Å². The molecule has 6 rings (SSSR count). The van der Waals surface area contributed by atoms with Crippen LogP contribution in [0.25, 0.3) is 28.0 Å². The molecule has 202 valence electrons. The maximum Gasteiger partial charge on any atom is 0.337 e. The predicted molar refractivity (Wildman–Crippen MR) is 153 cm³/mol. The second-order valence-corrected chi connectivity index (χ2v) is 11.3. The van der Waals surface area contributed by atoms with Crippen molar-refractivity contribution >= 4 is 17.4 Å². The zero-order valence-corrected chi connectivity index (χ0v) is 22.9. The van der Waals surface area contributed by atoms with E-state index in [4.69, 9.17) is 14.8 Å². The fourth-order valence-corrected chi connectivity index (χ4v) is 6.33.